The Morgan fingerprint density at radius 3 is 1.26 bits per heavy atom. The zero-order valence-electron chi connectivity index (χ0n) is 12.2. The molecule has 0 atom stereocenters. The summed E-state index contributed by atoms with van der Waals surface area (Å²) in [5.74, 6) is -5.50. The maximum atomic E-state index is 10.3. The average Bonchev–Trinajstić information content (AvgIpc) is 2.23. The molecule has 0 aliphatic carbocycles. The molecule has 0 bridgehead atoms. The molecule has 8 N–H and O–H groups in total. The number of carbonyl (C=O) groups is 3. The Morgan fingerprint density at radius 1 is 0.870 bits per heavy atom. The maximum absolute atomic E-state index is 10.3. The summed E-state index contributed by atoms with van der Waals surface area (Å²) in [5.41, 5.74) is -0.289. The molecule has 0 saturated heterocycles. The summed E-state index contributed by atoms with van der Waals surface area (Å²) in [6, 6.07) is 1.69. The molecule has 0 heterocycles. The minimum atomic E-state index is -1.29. The van der Waals surface area contributed by atoms with Gasteiger partial charge >= 0.3 is 25.4 Å². The zero-order chi connectivity index (χ0) is 16.5. The summed E-state index contributed by atoms with van der Waals surface area (Å²) in [7, 11) is 0. The first kappa shape index (κ1) is 32.5. The van der Waals surface area contributed by atoms with Crippen LogP contribution in [0.15, 0.2) is 12.1 Å². The van der Waals surface area contributed by atoms with Gasteiger partial charge in [-0.05, 0) is 26.0 Å². The van der Waals surface area contributed by atoms with Crippen LogP contribution in [0.2, 0.25) is 0 Å². The molecule has 12 heteroatoms. The number of aliphatic carboxylic acids is 2. The second-order valence-electron chi connectivity index (χ2n) is 3.15. The van der Waals surface area contributed by atoms with Crippen LogP contribution in [0.5, 0.6) is 17.2 Å². The standard InChI is InChI=1S/C7H6O5.2C2H4O2.2H2O.Zn/c8-4-1-3(7(11)12)2-5(9)6(4)10;2*1-2(3)4;;;/h1-2,8-10H,(H,11,12);2*1H3,(H,3,4);2*1H2;/q;;;;;+2/p-2. The van der Waals surface area contributed by atoms with Crippen LogP contribution in [0.4, 0.5) is 0 Å². The van der Waals surface area contributed by atoms with Gasteiger partial charge in [0.1, 0.15) is 0 Å². The summed E-state index contributed by atoms with van der Waals surface area (Å²) >= 11 is 0. The van der Waals surface area contributed by atoms with Crippen LogP contribution in [-0.4, -0.2) is 49.3 Å². The van der Waals surface area contributed by atoms with Crippen molar-refractivity contribution in [1.82, 2.24) is 0 Å². The Kier molecular flexibility index (Phi) is 22.5. The topological polar surface area (TPSA) is 241 Å². The number of rotatable bonds is 1. The van der Waals surface area contributed by atoms with Crippen molar-refractivity contribution in [3.8, 4) is 17.2 Å². The number of hydrogen-bond donors (Lipinski definition) is 4. The minimum Gasteiger partial charge on any atom is -0.550 e. The largest absolute Gasteiger partial charge is 2.00 e. The summed E-state index contributed by atoms with van der Waals surface area (Å²) in [6.07, 6.45) is 0. The van der Waals surface area contributed by atoms with Crippen LogP contribution in [0.25, 0.3) is 0 Å². The molecule has 0 aliphatic heterocycles. The van der Waals surface area contributed by atoms with E-state index in [0.29, 0.717) is 0 Å². The molecule has 1 aromatic carbocycles. The van der Waals surface area contributed by atoms with Gasteiger partial charge in [-0.1, -0.05) is 0 Å². The number of phenolic OH excluding ortho intramolecular Hbond substituents is 3. The first-order valence-corrected chi connectivity index (χ1v) is 4.82. The van der Waals surface area contributed by atoms with Crippen molar-refractivity contribution in [2.45, 2.75) is 13.8 Å². The van der Waals surface area contributed by atoms with Crippen molar-refractivity contribution in [3.63, 3.8) is 0 Å². The van der Waals surface area contributed by atoms with Gasteiger partial charge in [-0.3, -0.25) is 0 Å². The molecular formula is C11H16O11Zn. The van der Waals surface area contributed by atoms with E-state index in [-0.39, 0.29) is 36.0 Å². The predicted octanol–water partition coefficient (Wildman–Crippen LogP) is -3.64. The Balaban J connectivity index is -0.0000000844. The van der Waals surface area contributed by atoms with E-state index in [1.165, 1.54) is 0 Å². The molecule has 128 valence electrons. The number of carbonyl (C=O) groups excluding carboxylic acids is 2. The van der Waals surface area contributed by atoms with Gasteiger partial charge in [0.2, 0.25) is 0 Å². The van der Waals surface area contributed by atoms with E-state index in [4.69, 9.17) is 40.2 Å². The van der Waals surface area contributed by atoms with Gasteiger partial charge in [-0.25, -0.2) is 4.79 Å². The van der Waals surface area contributed by atoms with E-state index < -0.39 is 35.2 Å². The molecule has 23 heavy (non-hydrogen) atoms. The summed E-state index contributed by atoms with van der Waals surface area (Å²) < 4.78 is 0. The minimum absolute atomic E-state index is 0. The van der Waals surface area contributed by atoms with E-state index in [1.54, 1.807) is 0 Å². The fourth-order valence-electron chi connectivity index (χ4n) is 0.728. The number of aromatic hydroxyl groups is 3. The van der Waals surface area contributed by atoms with Crippen LogP contribution in [0.1, 0.15) is 24.2 Å². The number of carboxylic acid groups (broad SMARTS) is 3. The number of aromatic carboxylic acids is 1. The summed E-state index contributed by atoms with van der Waals surface area (Å²) in [4.78, 5) is 28.1. The van der Waals surface area contributed by atoms with Crippen LogP contribution < -0.4 is 10.2 Å². The van der Waals surface area contributed by atoms with Gasteiger partial charge in [-0.15, -0.1) is 0 Å². The van der Waals surface area contributed by atoms with Crippen LogP contribution in [0.3, 0.4) is 0 Å². The Hall–Kier alpha value is -2.43. The van der Waals surface area contributed by atoms with Crippen molar-refractivity contribution >= 4 is 17.9 Å². The monoisotopic (exact) mass is 388 g/mol. The third-order valence-electron chi connectivity index (χ3n) is 1.32. The average molecular weight is 390 g/mol. The van der Waals surface area contributed by atoms with Crippen molar-refractivity contribution < 1.29 is 75.5 Å². The quantitative estimate of drug-likeness (QED) is 0.273. The molecule has 0 spiro atoms. The predicted molar refractivity (Wildman–Crippen MR) is 67.0 cm³/mol. The molecule has 1 aromatic rings. The fourth-order valence-corrected chi connectivity index (χ4v) is 0.728. The number of phenols is 3. The third kappa shape index (κ3) is 19.6. The van der Waals surface area contributed by atoms with Gasteiger partial charge in [0.25, 0.3) is 0 Å². The molecule has 1 rings (SSSR count). The normalized spacial score (nSPS) is 7.22. The van der Waals surface area contributed by atoms with Crippen LogP contribution >= 0.6 is 0 Å². The van der Waals surface area contributed by atoms with Gasteiger partial charge in [0.05, 0.1) is 5.56 Å². The van der Waals surface area contributed by atoms with Crippen molar-refractivity contribution in [2.24, 2.45) is 0 Å². The van der Waals surface area contributed by atoms with Gasteiger partial charge in [0, 0.05) is 11.9 Å². The number of hydrogen-bond acceptors (Lipinski definition) is 8. The first-order valence-electron chi connectivity index (χ1n) is 4.82. The van der Waals surface area contributed by atoms with Crippen LogP contribution in [0, 0.1) is 0 Å². The summed E-state index contributed by atoms with van der Waals surface area (Å²) in [5, 5.41) is 52.7. The molecule has 0 radical (unpaired) electrons. The van der Waals surface area contributed by atoms with E-state index in [0.717, 1.165) is 26.0 Å². The molecule has 0 saturated carbocycles. The maximum Gasteiger partial charge on any atom is 2.00 e. The van der Waals surface area contributed by atoms with Gasteiger partial charge < -0.3 is 51.2 Å². The van der Waals surface area contributed by atoms with E-state index in [1.807, 2.05) is 0 Å². The SMILES string of the molecule is CC(=O)[O-].CC(=O)[O-].O.O.O=C(O)c1cc(O)c(O)c(O)c1.[Zn+2]. The fraction of sp³-hybridized carbons (Fsp3) is 0.182. The molecule has 0 unspecified atom stereocenters. The zero-order valence-corrected chi connectivity index (χ0v) is 15.2. The second kappa shape index (κ2) is 16.0. The van der Waals surface area contributed by atoms with Crippen molar-refractivity contribution in [1.29, 1.82) is 0 Å². The molecule has 0 amide bonds. The van der Waals surface area contributed by atoms with Gasteiger partial charge in [-0.2, -0.15) is 0 Å². The van der Waals surface area contributed by atoms with Crippen molar-refractivity contribution in [2.75, 3.05) is 0 Å². The van der Waals surface area contributed by atoms with Crippen molar-refractivity contribution in [3.05, 3.63) is 17.7 Å². The van der Waals surface area contributed by atoms with Crippen LogP contribution in [-0.2, 0) is 29.1 Å². The molecule has 0 aromatic heterocycles. The van der Waals surface area contributed by atoms with E-state index in [9.17, 15) is 4.79 Å². The Bertz CT molecular complexity index is 458. The number of benzene rings is 1. The van der Waals surface area contributed by atoms with E-state index in [2.05, 4.69) is 0 Å². The second-order valence-corrected chi connectivity index (χ2v) is 3.15. The Morgan fingerprint density at radius 2 is 1.09 bits per heavy atom. The van der Waals surface area contributed by atoms with E-state index >= 15 is 0 Å². The smallest absolute Gasteiger partial charge is 0.550 e. The number of carboxylic acids is 3. The molecule has 0 aliphatic rings. The Labute approximate surface area is 142 Å². The molecular weight excluding hydrogens is 374 g/mol. The summed E-state index contributed by atoms with van der Waals surface area (Å²) in [6.45, 7) is 1.94. The van der Waals surface area contributed by atoms with Gasteiger partial charge in [0.15, 0.2) is 17.2 Å². The molecule has 0 fully saturated rings. The third-order valence-corrected chi connectivity index (χ3v) is 1.32. The first-order chi connectivity index (χ1) is 8.98. The molecule has 11 nitrogen and oxygen atoms in total.